The second kappa shape index (κ2) is 4.22. The quantitative estimate of drug-likeness (QED) is 0.594. The van der Waals surface area contributed by atoms with E-state index in [-0.39, 0.29) is 17.0 Å². The van der Waals surface area contributed by atoms with Gasteiger partial charge in [0.15, 0.2) is 5.78 Å². The SMILES string of the molecule is O=C(O)/C(O)=C1/CCc2cccc(Cl)c2C1=O. The normalized spacial score (nSPS) is 17.6. The summed E-state index contributed by atoms with van der Waals surface area (Å²) in [7, 11) is 0. The number of hydrogen-bond donors (Lipinski definition) is 2. The number of aliphatic carboxylic acids is 1. The van der Waals surface area contributed by atoms with E-state index in [1.54, 1.807) is 18.2 Å². The van der Waals surface area contributed by atoms with Gasteiger partial charge in [0.25, 0.3) is 0 Å². The van der Waals surface area contributed by atoms with Gasteiger partial charge in [-0.1, -0.05) is 23.7 Å². The Morgan fingerprint density at radius 2 is 1.94 bits per heavy atom. The maximum atomic E-state index is 12.0. The van der Waals surface area contributed by atoms with Crippen molar-refractivity contribution >= 4 is 23.4 Å². The van der Waals surface area contributed by atoms with Crippen molar-refractivity contribution in [2.75, 3.05) is 0 Å². The van der Waals surface area contributed by atoms with Crippen molar-refractivity contribution in [3.8, 4) is 0 Å². The Hall–Kier alpha value is -1.81. The molecule has 0 saturated carbocycles. The van der Waals surface area contributed by atoms with Crippen LogP contribution in [0.5, 0.6) is 0 Å². The van der Waals surface area contributed by atoms with Crippen LogP contribution >= 0.6 is 11.6 Å². The summed E-state index contributed by atoms with van der Waals surface area (Å²) in [5, 5.41) is 18.3. The Balaban J connectivity index is 2.58. The molecule has 0 radical (unpaired) electrons. The van der Waals surface area contributed by atoms with Gasteiger partial charge in [-0.3, -0.25) is 4.79 Å². The maximum Gasteiger partial charge on any atom is 0.371 e. The molecule has 0 spiro atoms. The van der Waals surface area contributed by atoms with E-state index in [0.29, 0.717) is 12.0 Å². The molecular formula is C12H9ClO4. The van der Waals surface area contributed by atoms with Crippen LogP contribution in [0.1, 0.15) is 22.3 Å². The van der Waals surface area contributed by atoms with Gasteiger partial charge >= 0.3 is 5.97 Å². The summed E-state index contributed by atoms with van der Waals surface area (Å²) in [5.41, 5.74) is 0.991. The first-order chi connectivity index (χ1) is 8.02. The van der Waals surface area contributed by atoms with E-state index in [2.05, 4.69) is 0 Å². The molecule has 0 fully saturated rings. The molecule has 5 heteroatoms. The molecule has 1 aliphatic carbocycles. The lowest BCUT2D eigenvalue weighted by atomic mass is 9.86. The summed E-state index contributed by atoms with van der Waals surface area (Å²) in [6, 6.07) is 5.08. The number of allylic oxidation sites excluding steroid dienone is 1. The van der Waals surface area contributed by atoms with Crippen LogP contribution in [0.15, 0.2) is 29.5 Å². The van der Waals surface area contributed by atoms with Crippen molar-refractivity contribution in [2.24, 2.45) is 0 Å². The maximum absolute atomic E-state index is 12.0. The standard InChI is InChI=1S/C12H9ClO4/c13-8-3-1-2-6-4-5-7(10(14)9(6)8)11(15)12(16)17/h1-3,15H,4-5H2,(H,16,17)/b11-7+. The summed E-state index contributed by atoms with van der Waals surface area (Å²) >= 11 is 5.91. The minimum Gasteiger partial charge on any atom is -0.502 e. The molecule has 0 saturated heterocycles. The number of ketones is 1. The van der Waals surface area contributed by atoms with Gasteiger partial charge in [-0.05, 0) is 24.5 Å². The molecule has 2 rings (SSSR count). The molecule has 0 bridgehead atoms. The Bertz CT molecular complexity index is 545. The van der Waals surface area contributed by atoms with E-state index in [9.17, 15) is 14.7 Å². The fourth-order valence-corrected chi connectivity index (χ4v) is 2.19. The molecule has 0 aliphatic heterocycles. The third kappa shape index (κ3) is 1.91. The van der Waals surface area contributed by atoms with E-state index >= 15 is 0 Å². The molecule has 88 valence electrons. The fraction of sp³-hybridized carbons (Fsp3) is 0.167. The van der Waals surface area contributed by atoms with Gasteiger partial charge in [-0.25, -0.2) is 4.79 Å². The van der Waals surface area contributed by atoms with Gasteiger partial charge in [-0.2, -0.15) is 0 Å². The minimum absolute atomic E-state index is 0.0851. The number of Topliss-reactive ketones (excluding diaryl/α,β-unsaturated/α-hetero) is 1. The number of hydrogen-bond acceptors (Lipinski definition) is 3. The van der Waals surface area contributed by atoms with E-state index in [0.717, 1.165) is 5.56 Å². The summed E-state index contributed by atoms with van der Waals surface area (Å²) in [5.74, 6) is -2.89. The van der Waals surface area contributed by atoms with Crippen molar-refractivity contribution in [3.05, 3.63) is 45.7 Å². The number of fused-ring (bicyclic) bond motifs is 1. The number of halogens is 1. The zero-order valence-corrected chi connectivity index (χ0v) is 9.49. The molecule has 0 aromatic heterocycles. The van der Waals surface area contributed by atoms with Crippen molar-refractivity contribution in [3.63, 3.8) is 0 Å². The lowest BCUT2D eigenvalue weighted by Gasteiger charge is -2.18. The number of carboxylic acids is 1. The Morgan fingerprint density at radius 3 is 2.59 bits per heavy atom. The van der Waals surface area contributed by atoms with Crippen LogP contribution in [0.2, 0.25) is 5.02 Å². The number of aliphatic hydroxyl groups excluding tert-OH is 1. The summed E-state index contributed by atoms with van der Waals surface area (Å²) in [4.78, 5) is 22.7. The van der Waals surface area contributed by atoms with Crippen LogP contribution in [0.25, 0.3) is 0 Å². The lowest BCUT2D eigenvalue weighted by molar-refractivity contribution is -0.135. The third-order valence-electron chi connectivity index (χ3n) is 2.73. The van der Waals surface area contributed by atoms with Crippen molar-refractivity contribution in [2.45, 2.75) is 12.8 Å². The number of aryl methyl sites for hydroxylation is 1. The zero-order chi connectivity index (χ0) is 12.6. The highest BCUT2D eigenvalue weighted by molar-refractivity contribution is 6.35. The van der Waals surface area contributed by atoms with Crippen LogP contribution < -0.4 is 0 Å². The van der Waals surface area contributed by atoms with Crippen molar-refractivity contribution < 1.29 is 19.8 Å². The third-order valence-corrected chi connectivity index (χ3v) is 3.05. The Morgan fingerprint density at radius 1 is 1.24 bits per heavy atom. The molecule has 0 amide bonds. The second-order valence-corrected chi connectivity index (χ2v) is 4.14. The van der Waals surface area contributed by atoms with E-state index in [4.69, 9.17) is 16.7 Å². The van der Waals surface area contributed by atoms with Crippen LogP contribution in [0.4, 0.5) is 0 Å². The average Bonchev–Trinajstić information content (AvgIpc) is 2.28. The van der Waals surface area contributed by atoms with Gasteiger partial charge in [-0.15, -0.1) is 0 Å². The highest BCUT2D eigenvalue weighted by atomic mass is 35.5. The Kier molecular flexibility index (Phi) is 2.90. The van der Waals surface area contributed by atoms with Crippen molar-refractivity contribution in [1.82, 2.24) is 0 Å². The minimum atomic E-state index is -1.50. The van der Waals surface area contributed by atoms with Crippen molar-refractivity contribution in [1.29, 1.82) is 0 Å². The van der Waals surface area contributed by atoms with Crippen LogP contribution in [-0.2, 0) is 11.2 Å². The number of rotatable bonds is 1. The highest BCUT2D eigenvalue weighted by Crippen LogP contribution is 2.31. The summed E-state index contributed by atoms with van der Waals surface area (Å²) in [6.07, 6.45) is 0.707. The van der Waals surface area contributed by atoms with Crippen LogP contribution in [0, 0.1) is 0 Å². The molecule has 1 aromatic rings. The summed E-state index contributed by atoms with van der Waals surface area (Å²) in [6.45, 7) is 0. The summed E-state index contributed by atoms with van der Waals surface area (Å²) < 4.78 is 0. The van der Waals surface area contributed by atoms with E-state index in [1.165, 1.54) is 0 Å². The average molecular weight is 253 g/mol. The monoisotopic (exact) mass is 252 g/mol. The van der Waals surface area contributed by atoms with E-state index < -0.39 is 17.5 Å². The molecule has 1 aliphatic rings. The van der Waals surface area contributed by atoms with E-state index in [1.807, 2.05) is 0 Å². The number of benzene rings is 1. The molecular weight excluding hydrogens is 244 g/mol. The predicted molar refractivity (Wildman–Crippen MR) is 61.4 cm³/mol. The first kappa shape index (κ1) is 11.7. The molecule has 2 N–H and O–H groups in total. The second-order valence-electron chi connectivity index (χ2n) is 3.74. The van der Waals surface area contributed by atoms with Crippen LogP contribution in [-0.4, -0.2) is 22.0 Å². The number of carbonyl (C=O) groups is 2. The molecule has 4 nitrogen and oxygen atoms in total. The first-order valence-corrected chi connectivity index (χ1v) is 5.37. The zero-order valence-electron chi connectivity index (χ0n) is 8.74. The van der Waals surface area contributed by atoms with Gasteiger partial charge in [0.05, 0.1) is 5.02 Å². The smallest absolute Gasteiger partial charge is 0.371 e. The van der Waals surface area contributed by atoms with Gasteiger partial charge in [0, 0.05) is 11.1 Å². The fourth-order valence-electron chi connectivity index (χ4n) is 1.91. The van der Waals surface area contributed by atoms with Crippen LogP contribution in [0.3, 0.4) is 0 Å². The lowest BCUT2D eigenvalue weighted by Crippen LogP contribution is -2.19. The Labute approximate surface area is 102 Å². The first-order valence-electron chi connectivity index (χ1n) is 5.00. The number of carboxylic acid groups (broad SMARTS) is 1. The number of aliphatic hydroxyl groups is 1. The van der Waals surface area contributed by atoms with Gasteiger partial charge in [0.2, 0.25) is 5.76 Å². The molecule has 0 heterocycles. The topological polar surface area (TPSA) is 74.6 Å². The largest absolute Gasteiger partial charge is 0.502 e. The highest BCUT2D eigenvalue weighted by Gasteiger charge is 2.28. The molecule has 17 heavy (non-hydrogen) atoms. The number of carbonyl (C=O) groups excluding carboxylic acids is 1. The van der Waals surface area contributed by atoms with Gasteiger partial charge < -0.3 is 10.2 Å². The van der Waals surface area contributed by atoms with Gasteiger partial charge in [0.1, 0.15) is 0 Å². The predicted octanol–water partition coefficient (Wildman–Crippen LogP) is 2.37. The molecule has 1 aromatic carbocycles. The molecule has 0 unspecified atom stereocenters. The molecule has 0 atom stereocenters.